The molecule has 0 atom stereocenters. The highest BCUT2D eigenvalue weighted by Crippen LogP contribution is 2.55. The smallest absolute Gasteiger partial charge is 0.252 e. The van der Waals surface area contributed by atoms with Crippen LogP contribution in [0.2, 0.25) is 0 Å². The van der Waals surface area contributed by atoms with Crippen LogP contribution in [0.4, 0.5) is 28.4 Å². The van der Waals surface area contributed by atoms with E-state index in [9.17, 15) is 11.0 Å². The Bertz CT molecular complexity index is 8200. The molecule has 20 aromatic rings. The van der Waals surface area contributed by atoms with Gasteiger partial charge in [0.1, 0.15) is 0 Å². The van der Waals surface area contributed by atoms with E-state index in [0.717, 1.165) is 170 Å². The van der Waals surface area contributed by atoms with Gasteiger partial charge in [-0.1, -0.05) is 311 Å². The lowest BCUT2D eigenvalue weighted by atomic mass is 9.33. The summed E-state index contributed by atoms with van der Waals surface area (Å²) in [6.07, 6.45) is 0. The first-order chi connectivity index (χ1) is 60.9. The van der Waals surface area contributed by atoms with Crippen LogP contribution in [0.1, 0.15) is 96.8 Å². The molecular weight excluding hydrogens is 1380 g/mol. The van der Waals surface area contributed by atoms with Gasteiger partial charge in [0.2, 0.25) is 0 Å². The average molecular weight is 1480 g/mol. The minimum absolute atomic E-state index is 0.0545. The largest absolute Gasteiger partial charge is 0.355 e. The Labute approximate surface area is 683 Å². The minimum atomic E-state index is -0.685. The molecule has 2 aliphatic rings. The quantitative estimate of drug-likeness (QED) is 0.154. The molecule has 0 aliphatic carbocycles. The molecule has 16 aromatic carbocycles. The maximum absolute atomic E-state index is 9.93. The number of benzene rings is 16. The zero-order valence-electron chi connectivity index (χ0n) is 77.7. The van der Waals surface area contributed by atoms with Crippen molar-refractivity contribution < 1.29 is 17.8 Å². The van der Waals surface area contributed by atoms with Crippen LogP contribution in [0.5, 0.6) is 0 Å². The van der Waals surface area contributed by atoms with Crippen molar-refractivity contribution in [2.24, 2.45) is 0 Å². The van der Waals surface area contributed by atoms with Crippen LogP contribution in [0.3, 0.4) is 0 Å². The summed E-state index contributed by atoms with van der Waals surface area (Å²) in [5.74, 6) is 0. The van der Waals surface area contributed by atoms with E-state index < -0.39 is 72.6 Å². The van der Waals surface area contributed by atoms with Crippen molar-refractivity contribution in [2.75, 3.05) is 10.2 Å². The topological polar surface area (TPSA) is 29.5 Å². The Balaban J connectivity index is 0.983. The second kappa shape index (κ2) is 25.0. The molecule has 544 valence electrons. The maximum Gasteiger partial charge on any atom is 0.252 e. The summed E-state index contributed by atoms with van der Waals surface area (Å²) in [5, 5.41) is 15.4. The van der Waals surface area contributed by atoms with Crippen molar-refractivity contribution in [3.63, 3.8) is 0 Å². The van der Waals surface area contributed by atoms with E-state index in [-0.39, 0.29) is 51.3 Å². The summed E-state index contributed by atoms with van der Waals surface area (Å²) in [4.78, 5) is 2.49. The van der Waals surface area contributed by atoms with Crippen LogP contribution in [-0.4, -0.2) is 20.2 Å². The molecule has 6 heteroatoms. The Morgan fingerprint density at radius 1 is 0.307 bits per heavy atom. The molecule has 0 saturated carbocycles. The van der Waals surface area contributed by atoms with Gasteiger partial charge in [0.25, 0.3) is 6.71 Å². The third-order valence-electron chi connectivity index (χ3n) is 24.1. The monoisotopic (exact) mass is 1470 g/mol. The van der Waals surface area contributed by atoms with E-state index in [1.807, 2.05) is 30.3 Å². The molecule has 1 N–H and O–H groups in total. The highest BCUT2D eigenvalue weighted by molar-refractivity contribution is 7.00. The first kappa shape index (κ1) is 55.1. The third kappa shape index (κ3) is 10.3. The summed E-state index contributed by atoms with van der Waals surface area (Å²) in [5.41, 5.74) is 20.2. The van der Waals surface area contributed by atoms with Crippen molar-refractivity contribution in [2.45, 2.75) is 78.6 Å². The van der Waals surface area contributed by atoms with Gasteiger partial charge in [-0.15, -0.1) is 0 Å². The molecular formula is C108H84BN5. The molecule has 2 aliphatic heterocycles. The molecule has 0 fully saturated rings. The van der Waals surface area contributed by atoms with Gasteiger partial charge in [-0.2, -0.15) is 0 Å². The molecule has 5 nitrogen and oxygen atoms in total. The number of para-hydroxylation sites is 3. The zero-order chi connectivity index (χ0) is 88.1. The fourth-order valence-corrected chi connectivity index (χ4v) is 18.8. The van der Waals surface area contributed by atoms with Gasteiger partial charge in [-0.3, -0.25) is 0 Å². The molecule has 0 amide bonds. The van der Waals surface area contributed by atoms with E-state index in [1.54, 1.807) is 0 Å². The number of anilines is 5. The van der Waals surface area contributed by atoms with Crippen molar-refractivity contribution in [1.82, 2.24) is 13.5 Å². The lowest BCUT2D eigenvalue weighted by Gasteiger charge is -2.43. The van der Waals surface area contributed by atoms with Crippen LogP contribution in [0.15, 0.2) is 339 Å². The Kier molecular flexibility index (Phi) is 12.1. The number of hydrogen-bond donors (Lipinski definition) is 1. The van der Waals surface area contributed by atoms with Crippen molar-refractivity contribution in [3.8, 4) is 55.9 Å². The zero-order valence-corrected chi connectivity index (χ0v) is 64.7. The fourth-order valence-electron chi connectivity index (χ4n) is 18.8. The molecule has 0 saturated heterocycles. The van der Waals surface area contributed by atoms with Crippen LogP contribution >= 0.6 is 0 Å². The Morgan fingerprint density at radius 2 is 0.851 bits per heavy atom. The molecule has 0 spiro atoms. The Morgan fingerprint density at radius 3 is 1.51 bits per heavy atom. The highest BCUT2D eigenvalue weighted by atomic mass is 15.2. The van der Waals surface area contributed by atoms with E-state index in [2.05, 4.69) is 311 Å². The second-order valence-electron chi connectivity index (χ2n) is 33.9. The number of aromatic nitrogens is 3. The van der Waals surface area contributed by atoms with E-state index >= 15 is 0 Å². The molecule has 4 aromatic heterocycles. The third-order valence-corrected chi connectivity index (χ3v) is 24.1. The van der Waals surface area contributed by atoms with Crippen LogP contribution in [0, 0.1) is 0 Å². The van der Waals surface area contributed by atoms with E-state index in [4.69, 9.17) is 6.85 Å². The van der Waals surface area contributed by atoms with Gasteiger partial charge in [0, 0.05) is 93.7 Å². The molecule has 6 heterocycles. The number of rotatable bonds is 8. The van der Waals surface area contributed by atoms with E-state index in [0.29, 0.717) is 16.9 Å². The maximum atomic E-state index is 9.93. The first-order valence-electron chi connectivity index (χ1n) is 45.8. The average Bonchev–Trinajstić information content (AvgIpc) is 1.51. The summed E-state index contributed by atoms with van der Waals surface area (Å²) in [6, 6.07) is 87.0. The summed E-state index contributed by atoms with van der Waals surface area (Å²) < 4.78 is 128. The SMILES string of the molecule is [2H]c1cc(-c2c([2H])c([2H])c([2H])c([2H])c2Nc2ccc3c(c2)c2cc(-n4c5ccc(C(C)(C)C)cc5c5cc(C(C)(C)C)ccc54)cc4c2n3-c2cc3c(c5c2B4c2ccc(-c4c([2H])c([2H])c([2H])c([2H])c4[2H])cc2N5c2c(-c4ccccc4)cc(C(C)(C)C)cc2-c2ccccc2)c2cccc4c5ccccc5c5ccccc5c5ccccc5n3c42)c([2H])c([2H])c1[2H]. The molecule has 22 rings (SSSR count). The van der Waals surface area contributed by atoms with Crippen LogP contribution < -0.4 is 26.6 Å². The lowest BCUT2D eigenvalue weighted by molar-refractivity contribution is 0.590. The summed E-state index contributed by atoms with van der Waals surface area (Å²) in [7, 11) is 0. The summed E-state index contributed by atoms with van der Waals surface area (Å²) in [6.45, 7) is 19.5. The van der Waals surface area contributed by atoms with Crippen molar-refractivity contribution in [3.05, 3.63) is 356 Å². The van der Waals surface area contributed by atoms with Crippen LogP contribution in [-0.2, 0) is 16.2 Å². The van der Waals surface area contributed by atoms with Crippen LogP contribution in [0.25, 0.3) is 159 Å². The summed E-state index contributed by atoms with van der Waals surface area (Å²) >= 11 is 0. The molecule has 0 bridgehead atoms. The minimum Gasteiger partial charge on any atom is -0.355 e. The number of fused-ring (bicyclic) bond motifs is 21. The second-order valence-corrected chi connectivity index (χ2v) is 33.9. The Hall–Kier alpha value is -13.4. The van der Waals surface area contributed by atoms with E-state index in [1.165, 1.54) is 17.2 Å². The first-order valence-corrected chi connectivity index (χ1v) is 39.3. The van der Waals surface area contributed by atoms with Crippen molar-refractivity contribution in [1.29, 1.82) is 0 Å². The van der Waals surface area contributed by atoms with Crippen molar-refractivity contribution >= 4 is 155 Å². The fraction of sp³-hybridized carbons (Fsp3) is 0.111. The van der Waals surface area contributed by atoms with Gasteiger partial charge < -0.3 is 23.8 Å². The van der Waals surface area contributed by atoms with Gasteiger partial charge in [-0.25, -0.2) is 0 Å². The van der Waals surface area contributed by atoms with Gasteiger partial charge in [-0.05, 0) is 190 Å². The van der Waals surface area contributed by atoms with Gasteiger partial charge in [0.15, 0.2) is 0 Å². The van der Waals surface area contributed by atoms with Gasteiger partial charge >= 0.3 is 0 Å². The molecule has 0 unspecified atom stereocenters. The number of hydrogen-bond acceptors (Lipinski definition) is 2. The highest BCUT2D eigenvalue weighted by Gasteiger charge is 2.46. The predicted octanol–water partition coefficient (Wildman–Crippen LogP) is 27.4. The number of nitrogens with zero attached hydrogens (tertiary/aromatic N) is 4. The predicted molar refractivity (Wildman–Crippen MR) is 489 cm³/mol. The standard InChI is InChI=1S/C108H84BN5/c1-106(2,3)71-50-54-94-86(58-71)87-59-72(107(4,5)6)51-55-95(87)111(94)75-63-89-88-62-74(110-92-47-28-26-39-76(92)67-33-16-11-17-34-67)52-56-96(88)113-99-65-98-100(83-46-30-45-82-80-43-25-23-41-78(80)77-40-22-24-42-79(77)81-44-27-29-48-93(81)112(98)102(82)83)105-101(99)109(91(64-75)104(89)113)90-53-49-70(66-31-14-10-15-32-66)57-97(90)114(105)103-84(68-35-18-12-19-36-68)60-73(108(7,8)9)61-85(103)69-37-20-13-21-38-69/h10-65,110H,1-9H3/i10D,11D,14D,15D,16D,17D,26D,28D,31D,32D,33D,39D,47D. The van der Waals surface area contributed by atoms with Gasteiger partial charge in [0.05, 0.1) is 62.3 Å². The molecule has 0 radical (unpaired) electrons. The lowest BCUT2D eigenvalue weighted by Crippen LogP contribution is -2.60. The number of nitrogens with one attached hydrogen (secondary N) is 1. The molecule has 114 heavy (non-hydrogen) atoms. The normalized spacial score (nSPS) is 14.5.